The molecule has 2 bridgehead atoms. The SMILES string of the molecule is CCCc1cc(Cl)ccc1C1COc2ccc3cc2N(C1)CC1CCC1C(N=O)/C=C/CC(C)N(C)C(=O)CC3C. The van der Waals surface area contributed by atoms with Crippen molar-refractivity contribution in [2.24, 2.45) is 17.0 Å². The molecule has 1 amide bonds. The number of hydrogen-bond acceptors (Lipinski definition) is 5. The number of fused-ring (bicyclic) bond motifs is 2. The van der Waals surface area contributed by atoms with Crippen molar-refractivity contribution in [3.63, 3.8) is 0 Å². The van der Waals surface area contributed by atoms with E-state index in [1.54, 1.807) is 0 Å². The van der Waals surface area contributed by atoms with E-state index in [9.17, 15) is 9.70 Å². The van der Waals surface area contributed by atoms with E-state index in [4.69, 9.17) is 16.3 Å². The molecule has 0 saturated heterocycles. The summed E-state index contributed by atoms with van der Waals surface area (Å²) in [7, 11) is 1.88. The number of carbonyl (C=O) groups is 1. The summed E-state index contributed by atoms with van der Waals surface area (Å²) in [6.45, 7) is 8.66. The lowest BCUT2D eigenvalue weighted by atomic mass is 9.69. The van der Waals surface area contributed by atoms with Gasteiger partial charge in [0, 0.05) is 43.5 Å². The van der Waals surface area contributed by atoms with Crippen LogP contribution in [0.25, 0.3) is 0 Å². The van der Waals surface area contributed by atoms with Gasteiger partial charge in [-0.3, -0.25) is 4.79 Å². The van der Waals surface area contributed by atoms with Crippen LogP contribution in [-0.4, -0.2) is 49.6 Å². The van der Waals surface area contributed by atoms with Crippen molar-refractivity contribution in [3.05, 3.63) is 75.2 Å². The van der Waals surface area contributed by atoms with Crippen LogP contribution in [0.2, 0.25) is 5.02 Å². The molecule has 5 rings (SSSR count). The van der Waals surface area contributed by atoms with Gasteiger partial charge in [0.2, 0.25) is 5.91 Å². The van der Waals surface area contributed by atoms with E-state index in [0.29, 0.717) is 25.4 Å². The maximum absolute atomic E-state index is 13.2. The monoisotopic (exact) mass is 577 g/mol. The maximum atomic E-state index is 13.2. The van der Waals surface area contributed by atoms with Crippen molar-refractivity contribution in [1.82, 2.24) is 4.90 Å². The molecule has 2 aliphatic heterocycles. The zero-order valence-corrected chi connectivity index (χ0v) is 25.6. The van der Waals surface area contributed by atoms with Crippen LogP contribution in [-0.2, 0) is 11.2 Å². The van der Waals surface area contributed by atoms with Crippen LogP contribution < -0.4 is 9.64 Å². The number of carbonyl (C=O) groups excluding carboxylic acids is 1. The smallest absolute Gasteiger partial charge is 0.223 e. The van der Waals surface area contributed by atoms with E-state index < -0.39 is 0 Å². The fourth-order valence-electron chi connectivity index (χ4n) is 6.79. The van der Waals surface area contributed by atoms with E-state index in [2.05, 4.69) is 67.3 Å². The summed E-state index contributed by atoms with van der Waals surface area (Å²) in [4.78, 5) is 29.5. The average molecular weight is 578 g/mol. The first-order valence-corrected chi connectivity index (χ1v) is 15.7. The molecule has 2 aromatic rings. The number of ether oxygens (including phenoxy) is 1. The van der Waals surface area contributed by atoms with Gasteiger partial charge in [0.25, 0.3) is 0 Å². The molecule has 220 valence electrons. The lowest BCUT2D eigenvalue weighted by Crippen LogP contribution is -2.43. The van der Waals surface area contributed by atoms with Crippen LogP contribution in [0.3, 0.4) is 0 Å². The standard InChI is InChI=1S/C34H44ClN3O3/c1-5-7-25-17-28(35)12-14-29(25)27-20-38-19-26-10-13-30(26)31(36-40)9-6-8-23(3)37(4)34(39)16-22(2)24-11-15-33(41-21-27)32(38)18-24/h6,9,11-12,14-15,17-18,22-23,26-27,30-31H,5,7-8,10,13,16,19-21H2,1-4H3/b9-6+. The van der Waals surface area contributed by atoms with Gasteiger partial charge in [-0.15, -0.1) is 0 Å². The number of hydrogen-bond donors (Lipinski definition) is 0. The predicted molar refractivity (Wildman–Crippen MR) is 167 cm³/mol. The summed E-state index contributed by atoms with van der Waals surface area (Å²) < 4.78 is 6.52. The van der Waals surface area contributed by atoms with E-state index in [1.807, 2.05) is 24.1 Å². The molecular weight excluding hydrogens is 534 g/mol. The third-order valence-electron chi connectivity index (χ3n) is 9.68. The lowest BCUT2D eigenvalue weighted by molar-refractivity contribution is -0.131. The molecule has 1 saturated carbocycles. The average Bonchev–Trinajstić information content (AvgIpc) is 3.13. The third-order valence-corrected chi connectivity index (χ3v) is 9.91. The molecule has 2 aromatic carbocycles. The minimum absolute atomic E-state index is 0.0571. The van der Waals surface area contributed by atoms with Gasteiger partial charge < -0.3 is 14.5 Å². The molecule has 0 N–H and O–H groups in total. The molecular formula is C34H44ClN3O3. The van der Waals surface area contributed by atoms with E-state index in [-0.39, 0.29) is 35.7 Å². The second-order valence-corrected chi connectivity index (χ2v) is 12.9. The van der Waals surface area contributed by atoms with Gasteiger partial charge in [0.15, 0.2) is 0 Å². The number of amides is 1. The highest BCUT2D eigenvalue weighted by atomic mass is 35.5. The normalized spacial score (nSPS) is 29.5. The molecule has 0 radical (unpaired) electrons. The van der Waals surface area contributed by atoms with Gasteiger partial charge in [-0.25, -0.2) is 0 Å². The quantitative estimate of drug-likeness (QED) is 0.275. The number of rotatable bonds is 4. The first-order chi connectivity index (χ1) is 19.8. The minimum Gasteiger partial charge on any atom is -0.491 e. The van der Waals surface area contributed by atoms with Crippen LogP contribution in [0, 0.1) is 16.7 Å². The summed E-state index contributed by atoms with van der Waals surface area (Å²) in [6, 6.07) is 12.4. The molecule has 3 aliphatic rings. The first kappa shape index (κ1) is 29.6. The minimum atomic E-state index is -0.341. The summed E-state index contributed by atoms with van der Waals surface area (Å²) >= 11 is 6.41. The summed E-state index contributed by atoms with van der Waals surface area (Å²) in [6.07, 6.45) is 9.33. The molecule has 2 heterocycles. The van der Waals surface area contributed by atoms with E-state index >= 15 is 0 Å². The Bertz CT molecular complexity index is 1280. The van der Waals surface area contributed by atoms with Gasteiger partial charge in [-0.05, 0) is 91.3 Å². The molecule has 41 heavy (non-hydrogen) atoms. The molecule has 0 aromatic heterocycles. The zero-order chi connectivity index (χ0) is 29.1. The third kappa shape index (κ3) is 6.48. The van der Waals surface area contributed by atoms with Crippen molar-refractivity contribution >= 4 is 23.2 Å². The van der Waals surface area contributed by atoms with Crippen molar-refractivity contribution in [3.8, 4) is 5.75 Å². The highest BCUT2D eigenvalue weighted by Gasteiger charge is 2.39. The van der Waals surface area contributed by atoms with Gasteiger partial charge in [-0.2, -0.15) is 4.91 Å². The van der Waals surface area contributed by atoms with E-state index in [0.717, 1.165) is 60.8 Å². The molecule has 7 heteroatoms. The second-order valence-electron chi connectivity index (χ2n) is 12.5. The maximum Gasteiger partial charge on any atom is 0.223 e. The molecule has 0 spiro atoms. The number of nitrogens with zero attached hydrogens (tertiary/aromatic N) is 3. The Morgan fingerprint density at radius 3 is 2.66 bits per heavy atom. The van der Waals surface area contributed by atoms with Gasteiger partial charge in [-0.1, -0.05) is 61.3 Å². The van der Waals surface area contributed by atoms with Crippen molar-refractivity contribution in [2.45, 2.75) is 83.2 Å². The number of nitroso groups, excluding NO2 is 1. The Morgan fingerprint density at radius 2 is 1.93 bits per heavy atom. The Balaban J connectivity index is 1.53. The number of benzene rings is 2. The summed E-state index contributed by atoms with van der Waals surface area (Å²) in [5.74, 6) is 1.88. The van der Waals surface area contributed by atoms with Crippen LogP contribution in [0.15, 0.2) is 53.7 Å². The highest BCUT2D eigenvalue weighted by molar-refractivity contribution is 6.30. The Morgan fingerprint density at radius 1 is 1.10 bits per heavy atom. The number of anilines is 1. The fraction of sp³-hybridized carbons (Fsp3) is 0.559. The van der Waals surface area contributed by atoms with E-state index in [1.165, 1.54) is 11.1 Å². The Hall–Kier alpha value is -2.86. The summed E-state index contributed by atoms with van der Waals surface area (Å²) in [5.41, 5.74) is 4.82. The van der Waals surface area contributed by atoms with Crippen LogP contribution in [0.4, 0.5) is 5.69 Å². The largest absolute Gasteiger partial charge is 0.491 e. The first-order valence-electron chi connectivity index (χ1n) is 15.3. The van der Waals surface area contributed by atoms with Crippen LogP contribution >= 0.6 is 11.6 Å². The molecule has 6 unspecified atom stereocenters. The summed E-state index contributed by atoms with van der Waals surface area (Å²) in [5, 5.41) is 4.33. The van der Waals surface area contributed by atoms with Gasteiger partial charge >= 0.3 is 0 Å². The Kier molecular flexibility index (Phi) is 9.38. The van der Waals surface area contributed by atoms with Crippen molar-refractivity contribution in [1.29, 1.82) is 0 Å². The molecule has 6 nitrogen and oxygen atoms in total. The molecule has 1 aliphatic carbocycles. The highest BCUT2D eigenvalue weighted by Crippen LogP contribution is 2.44. The van der Waals surface area contributed by atoms with Crippen LogP contribution in [0.1, 0.15) is 81.4 Å². The van der Waals surface area contributed by atoms with Gasteiger partial charge in [0.1, 0.15) is 11.8 Å². The van der Waals surface area contributed by atoms with Crippen LogP contribution in [0.5, 0.6) is 5.75 Å². The lowest BCUT2D eigenvalue weighted by Gasteiger charge is -2.42. The zero-order valence-electron chi connectivity index (χ0n) is 24.9. The second kappa shape index (κ2) is 13.0. The van der Waals surface area contributed by atoms with Crippen molar-refractivity contribution in [2.75, 3.05) is 31.6 Å². The molecule has 6 atom stereocenters. The predicted octanol–water partition coefficient (Wildman–Crippen LogP) is 7.74. The Labute approximate surface area is 250 Å². The van der Waals surface area contributed by atoms with Gasteiger partial charge in [0.05, 0.1) is 12.3 Å². The van der Waals surface area contributed by atoms with Crippen molar-refractivity contribution < 1.29 is 9.53 Å². The topological polar surface area (TPSA) is 62.2 Å². The number of halogens is 1. The number of aryl methyl sites for hydroxylation is 1. The molecule has 1 fully saturated rings. The fourth-order valence-corrected chi connectivity index (χ4v) is 6.98.